The highest BCUT2D eigenvalue weighted by Crippen LogP contribution is 2.33. The molecule has 28 heavy (non-hydrogen) atoms. The number of nitrogens with zero attached hydrogens (tertiary/aromatic N) is 4. The van der Waals surface area contributed by atoms with Crippen LogP contribution in [0, 0.1) is 11.7 Å². The Morgan fingerprint density at radius 2 is 2.04 bits per heavy atom. The number of halogens is 1. The lowest BCUT2D eigenvalue weighted by Crippen LogP contribution is -2.48. The highest BCUT2D eigenvalue weighted by molar-refractivity contribution is 5.57. The zero-order chi connectivity index (χ0) is 19.5. The third-order valence-electron chi connectivity index (χ3n) is 6.00. The lowest BCUT2D eigenvalue weighted by atomic mass is 9.93. The van der Waals surface area contributed by atoms with E-state index in [4.69, 9.17) is 0 Å². The molecule has 5 nitrogen and oxygen atoms in total. The minimum atomic E-state index is -0.947. The predicted octanol–water partition coefficient (Wildman–Crippen LogP) is 3.12. The number of rotatable bonds is 5. The number of imidazole rings is 1. The van der Waals surface area contributed by atoms with Crippen LogP contribution in [0.4, 0.5) is 10.1 Å². The van der Waals surface area contributed by atoms with Gasteiger partial charge in [-0.1, -0.05) is 24.3 Å². The highest BCUT2D eigenvalue weighted by atomic mass is 19.1. The molecule has 2 aromatic rings. The summed E-state index contributed by atoms with van der Waals surface area (Å²) >= 11 is 0. The van der Waals surface area contributed by atoms with Crippen molar-refractivity contribution in [2.45, 2.75) is 25.4 Å². The standard InChI is InChI=1S/C22H29FN4O/c1-25-11-10-24-22(25)21(28)18-8-5-9-19(23)20(18)27-14-12-26(13-15-27)16-17-6-3-2-4-7-17/h2-3,5,8-11,17,21,28H,4,6-7,12-16H2,1H3/t17-,21+/m0/s1. The number of hydrogen-bond acceptors (Lipinski definition) is 4. The SMILES string of the molecule is Cn1ccnc1[C@H](O)c1cccc(F)c1N1CCN(C[C@H]2CC=CCC2)CC1. The van der Waals surface area contributed by atoms with E-state index < -0.39 is 6.10 Å². The maximum Gasteiger partial charge on any atom is 0.146 e. The minimum Gasteiger partial charge on any atom is -0.380 e. The van der Waals surface area contributed by atoms with Crippen molar-refractivity contribution in [3.05, 3.63) is 59.9 Å². The van der Waals surface area contributed by atoms with Crippen LogP contribution in [-0.2, 0) is 7.05 Å². The molecule has 2 atom stereocenters. The Labute approximate surface area is 166 Å². The molecule has 0 bridgehead atoms. The van der Waals surface area contributed by atoms with Crippen LogP contribution >= 0.6 is 0 Å². The van der Waals surface area contributed by atoms with Gasteiger partial charge in [0.2, 0.25) is 0 Å². The lowest BCUT2D eigenvalue weighted by molar-refractivity contribution is 0.201. The molecule has 1 aliphatic carbocycles. The Bertz CT molecular complexity index is 826. The van der Waals surface area contributed by atoms with Crippen molar-refractivity contribution in [3.63, 3.8) is 0 Å². The van der Waals surface area contributed by atoms with E-state index in [2.05, 4.69) is 26.9 Å². The van der Waals surface area contributed by atoms with E-state index in [1.807, 2.05) is 7.05 Å². The third kappa shape index (κ3) is 3.98. The van der Waals surface area contributed by atoms with Gasteiger partial charge in [-0.25, -0.2) is 9.37 Å². The van der Waals surface area contributed by atoms with Crippen molar-refractivity contribution in [3.8, 4) is 0 Å². The van der Waals surface area contributed by atoms with Crippen molar-refractivity contribution < 1.29 is 9.50 Å². The van der Waals surface area contributed by atoms with E-state index >= 15 is 0 Å². The van der Waals surface area contributed by atoms with E-state index in [0.717, 1.165) is 38.6 Å². The van der Waals surface area contributed by atoms with E-state index in [1.54, 1.807) is 29.1 Å². The monoisotopic (exact) mass is 384 g/mol. The summed E-state index contributed by atoms with van der Waals surface area (Å²) in [5.41, 5.74) is 1.10. The van der Waals surface area contributed by atoms with Gasteiger partial charge in [-0.2, -0.15) is 0 Å². The number of aliphatic hydroxyl groups is 1. The zero-order valence-electron chi connectivity index (χ0n) is 16.5. The molecule has 1 N–H and O–H groups in total. The molecule has 1 aromatic heterocycles. The summed E-state index contributed by atoms with van der Waals surface area (Å²) in [6.45, 7) is 4.50. The van der Waals surface area contributed by atoms with Crippen molar-refractivity contribution in [1.82, 2.24) is 14.5 Å². The van der Waals surface area contributed by atoms with Crippen LogP contribution in [0.5, 0.6) is 0 Å². The molecule has 1 fully saturated rings. The fourth-order valence-electron chi connectivity index (χ4n) is 4.41. The number of piperazine rings is 1. The first-order chi connectivity index (χ1) is 13.6. The fourth-order valence-corrected chi connectivity index (χ4v) is 4.41. The summed E-state index contributed by atoms with van der Waals surface area (Å²) in [7, 11) is 1.84. The third-order valence-corrected chi connectivity index (χ3v) is 6.00. The fraction of sp³-hybridized carbons (Fsp3) is 0.500. The Balaban J connectivity index is 1.47. The van der Waals surface area contributed by atoms with Gasteiger partial charge in [0.15, 0.2) is 0 Å². The summed E-state index contributed by atoms with van der Waals surface area (Å²) in [5, 5.41) is 10.9. The first kappa shape index (κ1) is 19.2. The van der Waals surface area contributed by atoms with Crippen molar-refractivity contribution >= 4 is 5.69 Å². The van der Waals surface area contributed by atoms with Gasteiger partial charge >= 0.3 is 0 Å². The molecule has 1 aromatic carbocycles. The van der Waals surface area contributed by atoms with Gasteiger partial charge in [0.25, 0.3) is 0 Å². The summed E-state index contributed by atoms with van der Waals surface area (Å²) in [6.07, 6.45) is 10.7. The average Bonchev–Trinajstić information content (AvgIpc) is 3.15. The molecule has 2 aliphatic rings. The van der Waals surface area contributed by atoms with Crippen LogP contribution in [0.3, 0.4) is 0 Å². The molecule has 0 radical (unpaired) electrons. The number of aromatic nitrogens is 2. The summed E-state index contributed by atoms with van der Waals surface area (Å²) in [4.78, 5) is 8.82. The van der Waals surface area contributed by atoms with Gasteiger partial charge in [-0.05, 0) is 31.2 Å². The van der Waals surface area contributed by atoms with Crippen LogP contribution in [0.2, 0.25) is 0 Å². The maximum absolute atomic E-state index is 14.8. The van der Waals surface area contributed by atoms with Crippen molar-refractivity contribution in [2.24, 2.45) is 13.0 Å². The molecule has 2 heterocycles. The van der Waals surface area contributed by atoms with Gasteiger partial charge in [0, 0.05) is 57.7 Å². The average molecular weight is 384 g/mol. The first-order valence-electron chi connectivity index (χ1n) is 10.2. The molecule has 4 rings (SSSR count). The maximum atomic E-state index is 14.8. The summed E-state index contributed by atoms with van der Waals surface area (Å²) < 4.78 is 16.6. The van der Waals surface area contributed by atoms with Gasteiger partial charge in [0.1, 0.15) is 17.7 Å². The van der Waals surface area contributed by atoms with Crippen LogP contribution in [-0.4, -0.2) is 52.3 Å². The van der Waals surface area contributed by atoms with Gasteiger partial charge in [0.05, 0.1) is 5.69 Å². The van der Waals surface area contributed by atoms with Gasteiger partial charge < -0.3 is 14.6 Å². The number of benzene rings is 1. The summed E-state index contributed by atoms with van der Waals surface area (Å²) in [6, 6.07) is 4.94. The van der Waals surface area contributed by atoms with Crippen molar-refractivity contribution in [2.75, 3.05) is 37.6 Å². The number of para-hydroxylation sites is 1. The number of anilines is 1. The Hall–Kier alpha value is -2.18. The topological polar surface area (TPSA) is 44.5 Å². The zero-order valence-corrected chi connectivity index (χ0v) is 16.5. The number of allylic oxidation sites excluding steroid dienone is 2. The molecular weight excluding hydrogens is 355 g/mol. The molecule has 0 saturated carbocycles. The molecular formula is C22H29FN4O. The van der Waals surface area contributed by atoms with Crippen LogP contribution in [0.15, 0.2) is 42.7 Å². The predicted molar refractivity (Wildman–Crippen MR) is 109 cm³/mol. The van der Waals surface area contributed by atoms with Crippen molar-refractivity contribution in [1.29, 1.82) is 0 Å². The molecule has 6 heteroatoms. The summed E-state index contributed by atoms with van der Waals surface area (Å²) in [5.74, 6) is 0.985. The van der Waals surface area contributed by atoms with E-state index in [9.17, 15) is 9.50 Å². The van der Waals surface area contributed by atoms with E-state index in [0.29, 0.717) is 17.1 Å². The molecule has 150 valence electrons. The Morgan fingerprint density at radius 3 is 2.71 bits per heavy atom. The minimum absolute atomic E-state index is 0.281. The largest absolute Gasteiger partial charge is 0.380 e. The molecule has 0 amide bonds. The van der Waals surface area contributed by atoms with E-state index in [1.165, 1.54) is 25.3 Å². The smallest absolute Gasteiger partial charge is 0.146 e. The molecule has 0 spiro atoms. The second-order valence-electron chi connectivity index (χ2n) is 7.91. The van der Waals surface area contributed by atoms with Crippen LogP contribution < -0.4 is 4.90 Å². The number of aryl methyl sites for hydroxylation is 1. The molecule has 1 saturated heterocycles. The molecule has 0 unspecified atom stereocenters. The normalized spacial score (nSPS) is 21.8. The van der Waals surface area contributed by atoms with E-state index in [-0.39, 0.29) is 5.82 Å². The quantitative estimate of drug-likeness (QED) is 0.805. The molecule has 1 aliphatic heterocycles. The second kappa shape index (κ2) is 8.45. The number of hydrogen-bond donors (Lipinski definition) is 1. The second-order valence-corrected chi connectivity index (χ2v) is 7.91. The van der Waals surface area contributed by atoms with Gasteiger partial charge in [-0.15, -0.1) is 0 Å². The first-order valence-corrected chi connectivity index (χ1v) is 10.2. The van der Waals surface area contributed by atoms with Gasteiger partial charge in [-0.3, -0.25) is 4.90 Å². The van der Waals surface area contributed by atoms with Crippen LogP contribution in [0.25, 0.3) is 0 Å². The number of aliphatic hydroxyl groups excluding tert-OH is 1. The Morgan fingerprint density at radius 1 is 1.21 bits per heavy atom. The highest BCUT2D eigenvalue weighted by Gasteiger charge is 2.27. The van der Waals surface area contributed by atoms with Crippen LogP contribution in [0.1, 0.15) is 36.8 Å². The Kier molecular flexibility index (Phi) is 5.78. The lowest BCUT2D eigenvalue weighted by Gasteiger charge is -2.39.